The Hall–Kier alpha value is -1.84. The van der Waals surface area contributed by atoms with Crippen molar-refractivity contribution in [1.82, 2.24) is 20.4 Å². The molecule has 0 aliphatic carbocycles. The second-order valence-corrected chi connectivity index (χ2v) is 7.38. The summed E-state index contributed by atoms with van der Waals surface area (Å²) in [6.07, 6.45) is -0.745. The van der Waals surface area contributed by atoms with Crippen LogP contribution in [0.4, 0.5) is 0 Å². The van der Waals surface area contributed by atoms with Gasteiger partial charge in [0.05, 0.1) is 12.1 Å². The van der Waals surface area contributed by atoms with Crippen LogP contribution in [0.15, 0.2) is 24.3 Å². The van der Waals surface area contributed by atoms with Crippen LogP contribution in [-0.4, -0.2) is 71.9 Å². The average molecular weight is 374 g/mol. The number of ether oxygens (including phenoxy) is 1. The van der Waals surface area contributed by atoms with E-state index in [1.807, 2.05) is 12.1 Å². The highest BCUT2D eigenvalue weighted by atomic mass is 16.6. The van der Waals surface area contributed by atoms with Crippen LogP contribution in [0.1, 0.15) is 30.1 Å². The van der Waals surface area contributed by atoms with Crippen molar-refractivity contribution in [2.75, 3.05) is 32.7 Å². The molecule has 146 valence electrons. The van der Waals surface area contributed by atoms with Gasteiger partial charge >= 0.3 is 0 Å². The molecule has 27 heavy (non-hydrogen) atoms. The van der Waals surface area contributed by atoms with E-state index >= 15 is 0 Å². The van der Waals surface area contributed by atoms with Gasteiger partial charge in [0.15, 0.2) is 0 Å². The lowest BCUT2D eigenvalue weighted by molar-refractivity contribution is -0.170. The average Bonchev–Trinajstić information content (AvgIpc) is 3.05. The third-order valence-corrected chi connectivity index (χ3v) is 5.52. The number of piperidine rings is 1. The zero-order chi connectivity index (χ0) is 18.8. The molecular formula is C19H26N4O4. The van der Waals surface area contributed by atoms with Gasteiger partial charge in [-0.3, -0.25) is 19.8 Å². The van der Waals surface area contributed by atoms with Gasteiger partial charge in [-0.2, -0.15) is 0 Å². The quantitative estimate of drug-likeness (QED) is 0.615. The van der Waals surface area contributed by atoms with Crippen LogP contribution in [0.2, 0.25) is 0 Å². The summed E-state index contributed by atoms with van der Waals surface area (Å²) < 4.78 is 5.68. The molecule has 3 heterocycles. The Bertz CT molecular complexity index is 689. The molecule has 3 atom stereocenters. The Kier molecular flexibility index (Phi) is 5.51. The number of piperazine rings is 1. The Morgan fingerprint density at radius 1 is 1.15 bits per heavy atom. The van der Waals surface area contributed by atoms with E-state index in [2.05, 4.69) is 27.7 Å². The first-order valence-electron chi connectivity index (χ1n) is 9.55. The first-order valence-corrected chi connectivity index (χ1v) is 9.55. The molecule has 8 nitrogen and oxygen atoms in total. The molecule has 0 saturated carbocycles. The topological polar surface area (TPSA) is 94.1 Å². The molecule has 0 radical (unpaired) electrons. The van der Waals surface area contributed by atoms with Gasteiger partial charge in [-0.25, -0.2) is 4.90 Å². The minimum Gasteiger partial charge on any atom is -0.356 e. The number of imide groups is 1. The molecule has 3 fully saturated rings. The van der Waals surface area contributed by atoms with Crippen molar-refractivity contribution in [3.8, 4) is 0 Å². The molecule has 2 unspecified atom stereocenters. The lowest BCUT2D eigenvalue weighted by atomic mass is 10.0. The predicted octanol–water partition coefficient (Wildman–Crippen LogP) is -0.454. The third-order valence-electron chi connectivity index (χ3n) is 5.52. The lowest BCUT2D eigenvalue weighted by Gasteiger charge is -2.30. The zero-order valence-electron chi connectivity index (χ0n) is 15.3. The van der Waals surface area contributed by atoms with E-state index in [1.165, 1.54) is 5.56 Å². The van der Waals surface area contributed by atoms with E-state index in [-0.39, 0.29) is 24.3 Å². The summed E-state index contributed by atoms with van der Waals surface area (Å²) in [5, 5.41) is 15.9. The molecule has 8 heteroatoms. The molecule has 1 aromatic rings. The molecule has 3 saturated heterocycles. The number of aliphatic hydroxyl groups excluding tert-OH is 1. The molecule has 0 spiro atoms. The van der Waals surface area contributed by atoms with Gasteiger partial charge in [0, 0.05) is 45.7 Å². The van der Waals surface area contributed by atoms with Gasteiger partial charge in [-0.1, -0.05) is 24.3 Å². The number of nitrogens with one attached hydrogen (secondary N) is 2. The van der Waals surface area contributed by atoms with E-state index in [4.69, 9.17) is 4.74 Å². The van der Waals surface area contributed by atoms with Crippen molar-refractivity contribution in [3.05, 3.63) is 35.4 Å². The van der Waals surface area contributed by atoms with Gasteiger partial charge in [-0.15, -0.1) is 0 Å². The van der Waals surface area contributed by atoms with Crippen LogP contribution in [0.5, 0.6) is 0 Å². The van der Waals surface area contributed by atoms with Gasteiger partial charge in [-0.05, 0) is 17.5 Å². The number of aliphatic hydroxyl groups is 1. The first kappa shape index (κ1) is 18.5. The van der Waals surface area contributed by atoms with Crippen molar-refractivity contribution in [3.63, 3.8) is 0 Å². The highest BCUT2D eigenvalue weighted by molar-refractivity contribution is 6.00. The highest BCUT2D eigenvalue weighted by Crippen LogP contribution is 2.31. The standard InChI is InChI=1S/C19H26N4O4/c24-17-6-5-15(18(25)21-17)23-12-16(27-19(23)26)14-3-1-13(2-4-14)11-22-9-7-20-8-10-22/h1-4,15-16,19-20,26H,5-12H2,(H,21,24,25)/t15?,16-,19?/m1/s1. The molecule has 0 bridgehead atoms. The Balaban J connectivity index is 1.37. The van der Waals surface area contributed by atoms with Crippen LogP contribution in [0, 0.1) is 0 Å². The second kappa shape index (κ2) is 8.04. The minimum absolute atomic E-state index is 0.262. The minimum atomic E-state index is -1.14. The Morgan fingerprint density at radius 3 is 2.59 bits per heavy atom. The fourth-order valence-electron chi connectivity index (χ4n) is 3.98. The molecule has 0 aromatic heterocycles. The van der Waals surface area contributed by atoms with Crippen molar-refractivity contribution in [2.45, 2.75) is 37.9 Å². The number of hydrogen-bond donors (Lipinski definition) is 3. The number of nitrogens with zero attached hydrogens (tertiary/aromatic N) is 2. The number of hydrogen-bond acceptors (Lipinski definition) is 7. The van der Waals surface area contributed by atoms with Crippen LogP contribution < -0.4 is 10.6 Å². The van der Waals surface area contributed by atoms with E-state index in [9.17, 15) is 14.7 Å². The summed E-state index contributed by atoms with van der Waals surface area (Å²) in [7, 11) is 0. The Morgan fingerprint density at radius 2 is 1.89 bits per heavy atom. The SMILES string of the molecule is O=C1CCC(N2C[C@H](c3ccc(CN4CCNCC4)cc3)OC2O)C(=O)N1. The van der Waals surface area contributed by atoms with Gasteiger partial charge in [0.1, 0.15) is 0 Å². The monoisotopic (exact) mass is 374 g/mol. The fourth-order valence-corrected chi connectivity index (χ4v) is 3.98. The number of rotatable bonds is 4. The van der Waals surface area contributed by atoms with Crippen molar-refractivity contribution >= 4 is 11.8 Å². The van der Waals surface area contributed by atoms with E-state index < -0.39 is 12.5 Å². The summed E-state index contributed by atoms with van der Waals surface area (Å²) in [5.41, 5.74) is 2.23. The fraction of sp³-hybridized carbons (Fsp3) is 0.579. The lowest BCUT2D eigenvalue weighted by Crippen LogP contribution is -2.54. The largest absolute Gasteiger partial charge is 0.356 e. The molecule has 2 amide bonds. The zero-order valence-corrected chi connectivity index (χ0v) is 15.3. The van der Waals surface area contributed by atoms with Crippen LogP contribution in [-0.2, 0) is 20.9 Å². The van der Waals surface area contributed by atoms with Crippen molar-refractivity contribution in [1.29, 1.82) is 0 Å². The smallest absolute Gasteiger partial charge is 0.244 e. The normalized spacial score (nSPS) is 30.5. The highest BCUT2D eigenvalue weighted by Gasteiger charge is 2.41. The van der Waals surface area contributed by atoms with Crippen molar-refractivity contribution in [2.24, 2.45) is 0 Å². The maximum Gasteiger partial charge on any atom is 0.244 e. The Labute approximate surface area is 158 Å². The summed E-state index contributed by atoms with van der Waals surface area (Å²) in [6.45, 7) is 5.52. The van der Waals surface area contributed by atoms with Gasteiger partial charge in [0.25, 0.3) is 0 Å². The van der Waals surface area contributed by atoms with Crippen molar-refractivity contribution < 1.29 is 19.4 Å². The molecule has 3 aliphatic heterocycles. The van der Waals surface area contributed by atoms with E-state index in [0.717, 1.165) is 38.3 Å². The molecule has 3 aliphatic rings. The summed E-state index contributed by atoms with van der Waals surface area (Å²) in [5.74, 6) is -0.622. The number of amides is 2. The number of carbonyl (C=O) groups is 2. The molecule has 1 aromatic carbocycles. The van der Waals surface area contributed by atoms with Crippen LogP contribution >= 0.6 is 0 Å². The van der Waals surface area contributed by atoms with E-state index in [1.54, 1.807) is 4.90 Å². The number of benzene rings is 1. The van der Waals surface area contributed by atoms with Crippen LogP contribution in [0.25, 0.3) is 0 Å². The predicted molar refractivity (Wildman–Crippen MR) is 97.3 cm³/mol. The molecule has 3 N–H and O–H groups in total. The summed E-state index contributed by atoms with van der Waals surface area (Å²) in [4.78, 5) is 27.4. The van der Waals surface area contributed by atoms with Gasteiger partial charge < -0.3 is 15.2 Å². The second-order valence-electron chi connectivity index (χ2n) is 7.38. The molecule has 4 rings (SSSR count). The molecular weight excluding hydrogens is 348 g/mol. The summed E-state index contributed by atoms with van der Waals surface area (Å²) in [6, 6.07) is 7.73. The van der Waals surface area contributed by atoms with Gasteiger partial charge in [0.2, 0.25) is 18.2 Å². The maximum atomic E-state index is 12.1. The van der Waals surface area contributed by atoms with E-state index in [0.29, 0.717) is 13.0 Å². The third kappa shape index (κ3) is 4.20. The summed E-state index contributed by atoms with van der Waals surface area (Å²) >= 11 is 0. The maximum absolute atomic E-state index is 12.1. The first-order chi connectivity index (χ1) is 13.1. The van der Waals surface area contributed by atoms with Crippen LogP contribution in [0.3, 0.4) is 0 Å². The number of carbonyl (C=O) groups excluding carboxylic acids is 2.